The van der Waals surface area contributed by atoms with Gasteiger partial charge in [0.2, 0.25) is 11.2 Å². The molecule has 1 aromatic heterocycles. The van der Waals surface area contributed by atoms with Gasteiger partial charge in [-0.1, -0.05) is 32.6 Å². The van der Waals surface area contributed by atoms with E-state index in [1.54, 1.807) is 12.1 Å². The van der Waals surface area contributed by atoms with Gasteiger partial charge in [0.05, 0.1) is 35.6 Å². The summed E-state index contributed by atoms with van der Waals surface area (Å²) >= 11 is 0. The molecule has 0 aliphatic carbocycles. The van der Waals surface area contributed by atoms with E-state index in [4.69, 9.17) is 4.42 Å². The zero-order valence-corrected chi connectivity index (χ0v) is 25.8. The summed E-state index contributed by atoms with van der Waals surface area (Å²) in [6, 6.07) is 13.0. The van der Waals surface area contributed by atoms with Gasteiger partial charge in [0.15, 0.2) is 5.76 Å². The van der Waals surface area contributed by atoms with E-state index in [1.807, 2.05) is 30.3 Å². The summed E-state index contributed by atoms with van der Waals surface area (Å²) in [6.07, 6.45) is 7.17. The molecule has 0 saturated carbocycles. The SMILES string of the molecule is CCCCCCCC[N+](C)(CCCS(=O)(=O)[O-])Cc1ccc2oc(-c3ccc(N(CC)CC)cc3)c(O)c(=O)c2c1. The molecule has 2 aromatic carbocycles. The van der Waals surface area contributed by atoms with Crippen molar-refractivity contribution in [1.82, 2.24) is 0 Å². The van der Waals surface area contributed by atoms with Crippen LogP contribution in [0.15, 0.2) is 51.7 Å². The van der Waals surface area contributed by atoms with E-state index in [2.05, 4.69) is 32.7 Å². The molecule has 1 unspecified atom stereocenters. The van der Waals surface area contributed by atoms with Crippen LogP contribution in [0.25, 0.3) is 22.3 Å². The summed E-state index contributed by atoms with van der Waals surface area (Å²) in [7, 11) is -2.21. The fourth-order valence-corrected chi connectivity index (χ4v) is 6.03. The van der Waals surface area contributed by atoms with E-state index in [0.717, 1.165) is 43.7 Å². The monoisotopic (exact) mass is 586 g/mol. The lowest BCUT2D eigenvalue weighted by atomic mass is 10.1. The molecule has 8 nitrogen and oxygen atoms in total. The topological polar surface area (TPSA) is 111 Å². The quantitative estimate of drug-likeness (QED) is 0.113. The van der Waals surface area contributed by atoms with Crippen LogP contribution in [0, 0.1) is 0 Å². The van der Waals surface area contributed by atoms with Gasteiger partial charge in [-0.05, 0) is 69.2 Å². The first-order chi connectivity index (χ1) is 19.5. The fraction of sp³-hybridized carbons (Fsp3) is 0.531. The number of nitrogens with zero attached hydrogens (tertiary/aromatic N) is 2. The molecule has 0 aliphatic heterocycles. The third-order valence-corrected chi connectivity index (χ3v) is 8.69. The van der Waals surface area contributed by atoms with Crippen LogP contribution in [0.2, 0.25) is 0 Å². The van der Waals surface area contributed by atoms with E-state index in [9.17, 15) is 22.9 Å². The lowest BCUT2D eigenvalue weighted by molar-refractivity contribution is -0.922. The van der Waals surface area contributed by atoms with Gasteiger partial charge in [0, 0.05) is 42.1 Å². The average molecular weight is 587 g/mol. The van der Waals surface area contributed by atoms with Crippen LogP contribution in [-0.2, 0) is 16.7 Å². The maximum atomic E-state index is 13.3. The molecule has 41 heavy (non-hydrogen) atoms. The highest BCUT2D eigenvalue weighted by Crippen LogP contribution is 2.32. The Morgan fingerprint density at radius 2 is 1.54 bits per heavy atom. The Kier molecular flexibility index (Phi) is 11.8. The van der Waals surface area contributed by atoms with Crippen LogP contribution < -0.4 is 10.3 Å². The van der Waals surface area contributed by atoms with E-state index in [1.165, 1.54) is 25.7 Å². The predicted molar refractivity (Wildman–Crippen MR) is 165 cm³/mol. The number of hydrogen-bond acceptors (Lipinski definition) is 7. The van der Waals surface area contributed by atoms with Gasteiger partial charge in [-0.25, -0.2) is 8.42 Å². The first-order valence-corrected chi connectivity index (χ1v) is 16.5. The molecule has 0 fully saturated rings. The third-order valence-electron chi connectivity index (χ3n) is 7.90. The molecule has 1 heterocycles. The second-order valence-corrected chi connectivity index (χ2v) is 12.8. The summed E-state index contributed by atoms with van der Waals surface area (Å²) < 4.78 is 40.3. The first kappa shape index (κ1) is 32.6. The lowest BCUT2D eigenvalue weighted by Crippen LogP contribution is -2.45. The lowest BCUT2D eigenvalue weighted by Gasteiger charge is -2.35. The second-order valence-electron chi connectivity index (χ2n) is 11.3. The molecule has 3 rings (SSSR count). The van der Waals surface area contributed by atoms with Gasteiger partial charge in [0.25, 0.3) is 0 Å². The van der Waals surface area contributed by atoms with Crippen LogP contribution in [0.5, 0.6) is 5.75 Å². The molecule has 226 valence electrons. The number of quaternary nitrogens is 1. The van der Waals surface area contributed by atoms with E-state index in [0.29, 0.717) is 34.1 Å². The number of unbranched alkanes of at least 4 members (excludes halogenated alkanes) is 5. The molecule has 1 atom stereocenters. The minimum absolute atomic E-state index is 0.142. The number of benzene rings is 2. The predicted octanol–water partition coefficient (Wildman–Crippen LogP) is 6.25. The molecular weight excluding hydrogens is 540 g/mol. The summed E-state index contributed by atoms with van der Waals surface area (Å²) in [5, 5.41) is 11.1. The van der Waals surface area contributed by atoms with Crippen molar-refractivity contribution in [3.8, 4) is 17.1 Å². The van der Waals surface area contributed by atoms with E-state index in [-0.39, 0.29) is 17.9 Å². The zero-order valence-electron chi connectivity index (χ0n) is 25.0. The minimum Gasteiger partial charge on any atom is -0.748 e. The summed E-state index contributed by atoms with van der Waals surface area (Å²) in [4.78, 5) is 15.5. The molecule has 0 radical (unpaired) electrons. The maximum absolute atomic E-state index is 13.3. The molecule has 3 aromatic rings. The maximum Gasteiger partial charge on any atom is 0.235 e. The normalized spacial score (nSPS) is 13.4. The molecule has 0 aliphatic rings. The molecule has 9 heteroatoms. The first-order valence-electron chi connectivity index (χ1n) is 14.9. The van der Waals surface area contributed by atoms with Gasteiger partial charge >= 0.3 is 0 Å². The van der Waals surface area contributed by atoms with Crippen molar-refractivity contribution < 1.29 is 27.0 Å². The Morgan fingerprint density at radius 3 is 2.17 bits per heavy atom. The van der Waals surface area contributed by atoms with Gasteiger partial charge in [-0.2, -0.15) is 0 Å². The number of anilines is 1. The number of fused-ring (bicyclic) bond motifs is 1. The second kappa shape index (κ2) is 14.8. The van der Waals surface area contributed by atoms with Crippen molar-refractivity contribution in [2.24, 2.45) is 0 Å². The van der Waals surface area contributed by atoms with Gasteiger partial charge in [0.1, 0.15) is 12.1 Å². The molecule has 0 saturated heterocycles. The molecule has 1 N–H and O–H groups in total. The van der Waals surface area contributed by atoms with Gasteiger partial charge < -0.3 is 23.5 Å². The standard InChI is InChI=1S/C32H46N2O6S/c1-5-8-9-10-11-12-20-34(4,21-13-22-41(37,38)39)24-25-14-19-29-28(23-25)30(35)31(36)32(40-29)26-15-17-27(18-16-26)33(6-2)7-3/h14-19,23H,5-13,20-22,24H2,1-4H3,(H-,36,37,38,39). The highest BCUT2D eigenvalue weighted by atomic mass is 32.2. The van der Waals surface area contributed by atoms with Gasteiger partial charge in [-0.3, -0.25) is 4.79 Å². The summed E-state index contributed by atoms with van der Waals surface area (Å²) in [6.45, 7) is 10.1. The number of aromatic hydroxyl groups is 1. The van der Waals surface area contributed by atoms with Crippen LogP contribution in [0.4, 0.5) is 5.69 Å². The van der Waals surface area contributed by atoms with Crippen molar-refractivity contribution in [2.75, 3.05) is 43.9 Å². The molecule has 0 bridgehead atoms. The largest absolute Gasteiger partial charge is 0.748 e. The molecule has 0 amide bonds. The highest BCUT2D eigenvalue weighted by Gasteiger charge is 2.23. The van der Waals surface area contributed by atoms with Crippen molar-refractivity contribution in [3.63, 3.8) is 0 Å². The Balaban J connectivity index is 1.84. The van der Waals surface area contributed by atoms with Crippen LogP contribution in [-0.4, -0.2) is 61.5 Å². The van der Waals surface area contributed by atoms with Gasteiger partial charge in [-0.15, -0.1) is 0 Å². The Bertz CT molecular complexity index is 1430. The van der Waals surface area contributed by atoms with Crippen molar-refractivity contribution >= 4 is 26.8 Å². The fourth-order valence-electron chi connectivity index (χ4n) is 5.55. The number of rotatable bonds is 17. The van der Waals surface area contributed by atoms with Crippen LogP contribution in [0.1, 0.15) is 71.3 Å². The van der Waals surface area contributed by atoms with Crippen molar-refractivity contribution in [1.29, 1.82) is 0 Å². The highest BCUT2D eigenvalue weighted by molar-refractivity contribution is 7.85. The van der Waals surface area contributed by atoms with Crippen LogP contribution in [0.3, 0.4) is 0 Å². The minimum atomic E-state index is -4.27. The van der Waals surface area contributed by atoms with E-state index >= 15 is 0 Å². The van der Waals surface area contributed by atoms with Crippen LogP contribution >= 0.6 is 0 Å². The third kappa shape index (κ3) is 9.31. The van der Waals surface area contributed by atoms with Crippen molar-refractivity contribution in [3.05, 3.63) is 58.3 Å². The molecular formula is C32H46N2O6S. The Morgan fingerprint density at radius 1 is 0.902 bits per heavy atom. The molecule has 0 spiro atoms. The Labute approximate surface area is 244 Å². The summed E-state index contributed by atoms with van der Waals surface area (Å²) in [5.74, 6) is -0.662. The number of hydrogen-bond donors (Lipinski definition) is 1. The smallest absolute Gasteiger partial charge is 0.235 e. The Hall–Kier alpha value is -2.88. The average Bonchev–Trinajstić information content (AvgIpc) is 2.93. The van der Waals surface area contributed by atoms with Crippen molar-refractivity contribution in [2.45, 2.75) is 72.3 Å². The van der Waals surface area contributed by atoms with E-state index < -0.39 is 21.3 Å². The zero-order chi connectivity index (χ0) is 30.0. The summed E-state index contributed by atoms with van der Waals surface area (Å²) in [5.41, 5.74) is 2.47.